The van der Waals surface area contributed by atoms with E-state index in [1.54, 1.807) is 0 Å². The normalized spacial score (nSPS) is 17.7. The fourth-order valence-corrected chi connectivity index (χ4v) is 5.45. The minimum atomic E-state index is -0.217. The Balaban J connectivity index is 1.57. The summed E-state index contributed by atoms with van der Waals surface area (Å²) >= 11 is 0. The Morgan fingerprint density at radius 3 is 2.54 bits per heavy atom. The number of carbonyl (C=O) groups excluding carboxylic acids is 1. The zero-order chi connectivity index (χ0) is 25.3. The second kappa shape index (κ2) is 10.0. The number of pyridine rings is 1. The van der Waals surface area contributed by atoms with Gasteiger partial charge in [0.1, 0.15) is 6.54 Å². The van der Waals surface area contributed by atoms with Gasteiger partial charge in [-0.1, -0.05) is 17.7 Å². The first-order valence-electron chi connectivity index (χ1n) is 12.9. The average molecular weight is 478 g/mol. The maximum absolute atomic E-state index is 12.8. The highest BCUT2D eigenvalue weighted by atomic mass is 16.6. The largest absolute Gasteiger partial charge is 0.414 e. The molecule has 6 heteroatoms. The Morgan fingerprint density at radius 1 is 1.14 bits per heavy atom. The summed E-state index contributed by atoms with van der Waals surface area (Å²) in [6, 6.07) is 11.3. The van der Waals surface area contributed by atoms with E-state index >= 15 is 0 Å². The van der Waals surface area contributed by atoms with Crippen molar-refractivity contribution >= 4 is 17.0 Å². The second-order valence-corrected chi connectivity index (χ2v) is 11.0. The number of nitrogens with zero attached hydrogens (tertiary/aromatic N) is 4. The van der Waals surface area contributed by atoms with E-state index in [0.717, 1.165) is 38.2 Å². The van der Waals surface area contributed by atoms with Crippen molar-refractivity contribution in [2.75, 3.05) is 20.3 Å². The highest BCUT2D eigenvalue weighted by Crippen LogP contribution is 2.34. The number of quaternary nitrogens is 1. The monoisotopic (exact) mass is 477 g/mol. The molecule has 1 atom stereocenters. The first-order valence-corrected chi connectivity index (χ1v) is 12.9. The minimum Gasteiger partial charge on any atom is -0.399 e. The van der Waals surface area contributed by atoms with E-state index in [1.807, 2.05) is 45.7 Å². The predicted octanol–water partition coefficient (Wildman–Crippen LogP) is 5.61. The summed E-state index contributed by atoms with van der Waals surface area (Å²) in [5, 5.41) is 1.34. The van der Waals surface area contributed by atoms with Crippen LogP contribution in [0.3, 0.4) is 0 Å². The Morgan fingerprint density at radius 2 is 1.89 bits per heavy atom. The van der Waals surface area contributed by atoms with Crippen LogP contribution in [0.15, 0.2) is 36.5 Å². The van der Waals surface area contributed by atoms with Gasteiger partial charge < -0.3 is 14.2 Å². The van der Waals surface area contributed by atoms with Crippen LogP contribution in [-0.4, -0.2) is 57.4 Å². The van der Waals surface area contributed by atoms with E-state index in [2.05, 4.69) is 53.9 Å². The minimum absolute atomic E-state index is 0.116. The topological polar surface area (TPSA) is 47.4 Å². The molecule has 1 aliphatic rings. The summed E-state index contributed by atoms with van der Waals surface area (Å²) in [7, 11) is 2.21. The highest BCUT2D eigenvalue weighted by molar-refractivity contribution is 5.86. The van der Waals surface area contributed by atoms with Crippen LogP contribution in [0.1, 0.15) is 55.8 Å². The number of carbonyl (C=O) groups is 1. The molecule has 188 valence electrons. The van der Waals surface area contributed by atoms with Gasteiger partial charge in [-0.25, -0.2) is 4.79 Å². The molecule has 1 aliphatic heterocycles. The smallest absolute Gasteiger partial charge is 0.399 e. The quantitative estimate of drug-likeness (QED) is 0.416. The number of aryl methyl sites for hydroxylation is 4. The van der Waals surface area contributed by atoms with Gasteiger partial charge in [0.05, 0.1) is 13.6 Å². The van der Waals surface area contributed by atoms with Crippen molar-refractivity contribution in [3.63, 3.8) is 0 Å². The molecule has 0 bridgehead atoms. The van der Waals surface area contributed by atoms with Crippen LogP contribution in [0.4, 0.5) is 4.79 Å². The van der Waals surface area contributed by atoms with Crippen LogP contribution < -0.4 is 0 Å². The van der Waals surface area contributed by atoms with E-state index in [-0.39, 0.29) is 18.2 Å². The van der Waals surface area contributed by atoms with Crippen molar-refractivity contribution < 1.29 is 14.0 Å². The number of aromatic nitrogens is 2. The second-order valence-electron chi connectivity index (χ2n) is 11.0. The first kappa shape index (κ1) is 25.2. The van der Waals surface area contributed by atoms with Crippen LogP contribution in [0.5, 0.6) is 0 Å². The van der Waals surface area contributed by atoms with Gasteiger partial charge in [-0.3, -0.25) is 9.47 Å². The lowest BCUT2D eigenvalue weighted by molar-refractivity contribution is -0.940. The van der Waals surface area contributed by atoms with E-state index in [0.29, 0.717) is 11.2 Å². The molecule has 0 spiro atoms. The first-order chi connectivity index (χ1) is 16.6. The number of amides is 1. The Labute approximate surface area is 210 Å². The number of rotatable bonds is 7. The van der Waals surface area contributed by atoms with Crippen LogP contribution >= 0.6 is 0 Å². The third kappa shape index (κ3) is 5.37. The lowest BCUT2D eigenvalue weighted by Crippen LogP contribution is -2.51. The molecule has 4 rings (SSSR count). The van der Waals surface area contributed by atoms with E-state index in [9.17, 15) is 4.79 Å². The molecule has 0 radical (unpaired) electrons. The molecule has 35 heavy (non-hydrogen) atoms. The molecule has 3 heterocycles. The van der Waals surface area contributed by atoms with Gasteiger partial charge in [0.2, 0.25) is 6.73 Å². The molecule has 2 aromatic heterocycles. The highest BCUT2D eigenvalue weighted by Gasteiger charge is 2.35. The molecule has 1 aromatic carbocycles. The molecule has 0 N–H and O–H groups in total. The Hall–Kier alpha value is -2.86. The number of hydrogen-bond acceptors (Lipinski definition) is 3. The lowest BCUT2D eigenvalue weighted by Gasteiger charge is -2.38. The number of ether oxygens (including phenoxy) is 1. The summed E-state index contributed by atoms with van der Waals surface area (Å²) in [5.74, 6) is 0. The van der Waals surface area contributed by atoms with Crippen LogP contribution in [0.2, 0.25) is 0 Å². The fourth-order valence-electron chi connectivity index (χ4n) is 5.45. The molecular formula is C29H41N4O2+. The predicted molar refractivity (Wildman–Crippen MR) is 141 cm³/mol. The van der Waals surface area contributed by atoms with Crippen molar-refractivity contribution in [3.05, 3.63) is 64.6 Å². The van der Waals surface area contributed by atoms with Crippen molar-refractivity contribution in [2.45, 2.75) is 79.6 Å². The van der Waals surface area contributed by atoms with Crippen molar-refractivity contribution in [1.29, 1.82) is 0 Å². The number of fused-ring (bicyclic) bond motifs is 3. The Bertz CT molecular complexity index is 1190. The van der Waals surface area contributed by atoms with Crippen molar-refractivity contribution in [3.8, 4) is 0 Å². The summed E-state index contributed by atoms with van der Waals surface area (Å²) in [6.45, 7) is 15.5. The van der Waals surface area contributed by atoms with Gasteiger partial charge in [0, 0.05) is 59.1 Å². The van der Waals surface area contributed by atoms with E-state index < -0.39 is 0 Å². The maximum Gasteiger partial charge on any atom is 0.414 e. The number of likely N-dealkylation sites (N-methyl/N-ethyl adjacent to an activating group) is 1. The van der Waals surface area contributed by atoms with Crippen LogP contribution in [0.25, 0.3) is 10.9 Å². The standard InChI is InChI=1S/C29H41N4O2/c1-20(2)32(21(3)4)29(34)35-19-33(7)15-13-28-26(18-33)25-16-22(5)8-11-27(25)31(28)14-12-24-10-9-23(6)30-17-24/h8-11,16-17,20-21H,12-15,18-19H2,1-7H3/q+1. The van der Waals surface area contributed by atoms with E-state index in [4.69, 9.17) is 4.74 Å². The van der Waals surface area contributed by atoms with Crippen LogP contribution in [0, 0.1) is 13.8 Å². The molecule has 1 amide bonds. The number of benzene rings is 1. The third-order valence-corrected chi connectivity index (χ3v) is 7.29. The summed E-state index contributed by atoms with van der Waals surface area (Å²) in [6.07, 6.45) is 3.71. The van der Waals surface area contributed by atoms with E-state index in [1.165, 1.54) is 33.3 Å². The molecule has 0 fully saturated rings. The van der Waals surface area contributed by atoms with Gasteiger partial charge in [0.25, 0.3) is 0 Å². The Kier molecular flexibility index (Phi) is 7.22. The fraction of sp³-hybridized carbons (Fsp3) is 0.517. The third-order valence-electron chi connectivity index (χ3n) is 7.29. The van der Waals surface area contributed by atoms with Crippen molar-refractivity contribution in [2.24, 2.45) is 0 Å². The molecule has 0 aliphatic carbocycles. The molecule has 6 nitrogen and oxygen atoms in total. The van der Waals surface area contributed by atoms with Crippen LogP contribution in [-0.2, 0) is 30.7 Å². The van der Waals surface area contributed by atoms with Gasteiger partial charge >= 0.3 is 6.09 Å². The molecule has 0 saturated heterocycles. The summed E-state index contributed by atoms with van der Waals surface area (Å²) in [4.78, 5) is 19.1. The van der Waals surface area contributed by atoms with Gasteiger partial charge in [-0.15, -0.1) is 0 Å². The molecule has 3 aromatic rings. The maximum atomic E-state index is 12.8. The lowest BCUT2D eigenvalue weighted by atomic mass is 10.0. The van der Waals surface area contributed by atoms with Gasteiger partial charge in [-0.05, 0) is 71.7 Å². The van der Waals surface area contributed by atoms with Gasteiger partial charge in [-0.2, -0.15) is 0 Å². The van der Waals surface area contributed by atoms with Gasteiger partial charge in [0.15, 0.2) is 0 Å². The number of hydrogen-bond donors (Lipinski definition) is 0. The summed E-state index contributed by atoms with van der Waals surface area (Å²) in [5.41, 5.74) is 7.73. The zero-order valence-corrected chi connectivity index (χ0v) is 22.5. The molecular weight excluding hydrogens is 436 g/mol. The molecule has 1 unspecified atom stereocenters. The molecule has 0 saturated carbocycles. The van der Waals surface area contributed by atoms with Crippen molar-refractivity contribution in [1.82, 2.24) is 14.5 Å². The average Bonchev–Trinajstić information content (AvgIpc) is 3.08. The summed E-state index contributed by atoms with van der Waals surface area (Å²) < 4.78 is 9.11. The zero-order valence-electron chi connectivity index (χ0n) is 22.5. The SMILES string of the molecule is Cc1ccc2c(c1)c1c(n2CCc2ccc(C)nc2)CC[N+](C)(COC(=O)N(C(C)C)C(C)C)C1.